The fraction of sp³-hybridized carbons (Fsp3) is 0.500. The number of nitrogens with one attached hydrogen (secondary N) is 1. The van der Waals surface area contributed by atoms with Crippen LogP contribution < -0.4 is 5.32 Å². The second-order valence-electron chi connectivity index (χ2n) is 3.95. The van der Waals surface area contributed by atoms with Crippen LogP contribution in [0.3, 0.4) is 0 Å². The zero-order chi connectivity index (χ0) is 12.9. The highest BCUT2D eigenvalue weighted by atomic mass is 35.5. The van der Waals surface area contributed by atoms with Crippen LogP contribution in [-0.4, -0.2) is 17.3 Å². The molecule has 0 saturated carbocycles. The molecule has 0 saturated heterocycles. The van der Waals surface area contributed by atoms with Crippen molar-refractivity contribution in [2.24, 2.45) is 0 Å². The smallest absolute Gasteiger partial charge is 0.0465 e. The van der Waals surface area contributed by atoms with Crippen LogP contribution in [0.15, 0.2) is 18.2 Å². The quantitative estimate of drug-likeness (QED) is 0.750. The molecule has 96 valence electrons. The zero-order valence-corrected chi connectivity index (χ0v) is 12.6. The lowest BCUT2D eigenvalue weighted by atomic mass is 10.0. The summed E-state index contributed by atoms with van der Waals surface area (Å²) in [6, 6.07) is 5.46. The number of alkyl halides is 2. The van der Waals surface area contributed by atoms with Crippen LogP contribution in [0.5, 0.6) is 0 Å². The van der Waals surface area contributed by atoms with E-state index in [0.717, 1.165) is 12.0 Å². The van der Waals surface area contributed by atoms with Crippen LogP contribution in [0.1, 0.15) is 18.9 Å². The van der Waals surface area contributed by atoms with Gasteiger partial charge in [0.1, 0.15) is 0 Å². The molecule has 17 heavy (non-hydrogen) atoms. The van der Waals surface area contributed by atoms with Gasteiger partial charge in [0.25, 0.3) is 0 Å². The van der Waals surface area contributed by atoms with Gasteiger partial charge in [-0.15, -0.1) is 23.2 Å². The number of rotatable bonds is 6. The highest BCUT2D eigenvalue weighted by Crippen LogP contribution is 2.25. The van der Waals surface area contributed by atoms with Crippen LogP contribution >= 0.6 is 46.4 Å². The molecule has 0 radical (unpaired) electrons. The maximum absolute atomic E-state index is 6.10. The molecule has 0 spiro atoms. The van der Waals surface area contributed by atoms with Gasteiger partial charge in [-0.05, 0) is 18.6 Å². The van der Waals surface area contributed by atoms with Crippen molar-refractivity contribution in [3.8, 4) is 0 Å². The predicted molar refractivity (Wildman–Crippen MR) is 77.8 cm³/mol. The van der Waals surface area contributed by atoms with Gasteiger partial charge in [0.2, 0.25) is 0 Å². The third kappa shape index (κ3) is 3.90. The number of benzene rings is 1. The van der Waals surface area contributed by atoms with E-state index in [1.54, 1.807) is 0 Å². The Balaban J connectivity index is 2.79. The van der Waals surface area contributed by atoms with Gasteiger partial charge >= 0.3 is 0 Å². The molecule has 1 N–H and O–H groups in total. The normalized spacial score (nSPS) is 11.8. The van der Waals surface area contributed by atoms with Crippen molar-refractivity contribution in [2.45, 2.75) is 25.4 Å². The predicted octanol–water partition coefficient (Wildman–Crippen LogP) is 4.71. The molecule has 0 fully saturated rings. The van der Waals surface area contributed by atoms with Gasteiger partial charge in [-0.1, -0.05) is 36.2 Å². The van der Waals surface area contributed by atoms with Gasteiger partial charge in [0.05, 0.1) is 0 Å². The Morgan fingerprint density at radius 3 is 2.06 bits per heavy atom. The molecule has 1 aromatic carbocycles. The molecule has 1 rings (SSSR count). The Bertz CT molecular complexity index is 335. The Hall–Kier alpha value is 0.340. The van der Waals surface area contributed by atoms with Crippen molar-refractivity contribution >= 4 is 46.4 Å². The summed E-state index contributed by atoms with van der Waals surface area (Å²) in [6.45, 7) is 2.61. The molecule has 0 aliphatic carbocycles. The Labute approximate surface area is 122 Å². The molecule has 0 amide bonds. The molecule has 0 aromatic heterocycles. The van der Waals surface area contributed by atoms with E-state index in [-0.39, 0.29) is 5.54 Å². The van der Waals surface area contributed by atoms with Gasteiger partial charge < -0.3 is 5.32 Å². The summed E-state index contributed by atoms with van der Waals surface area (Å²) >= 11 is 24.1. The fourth-order valence-electron chi connectivity index (χ4n) is 1.42. The maximum atomic E-state index is 6.10. The van der Waals surface area contributed by atoms with Crippen molar-refractivity contribution in [2.75, 3.05) is 11.8 Å². The summed E-state index contributed by atoms with van der Waals surface area (Å²) in [6.07, 6.45) is 0.849. The Morgan fingerprint density at radius 1 is 1.12 bits per heavy atom. The second-order valence-corrected chi connectivity index (χ2v) is 5.30. The van der Waals surface area contributed by atoms with E-state index < -0.39 is 0 Å². The lowest BCUT2D eigenvalue weighted by Crippen LogP contribution is -2.48. The van der Waals surface area contributed by atoms with Crippen LogP contribution in [0.2, 0.25) is 10.0 Å². The number of halogens is 4. The first kappa shape index (κ1) is 15.4. The summed E-state index contributed by atoms with van der Waals surface area (Å²) in [4.78, 5) is 0. The average molecular weight is 315 g/mol. The van der Waals surface area contributed by atoms with Gasteiger partial charge in [0.15, 0.2) is 0 Å². The Kier molecular flexibility index (Phi) is 6.39. The molecule has 1 nitrogen and oxygen atoms in total. The lowest BCUT2D eigenvalue weighted by Gasteiger charge is -2.30. The summed E-state index contributed by atoms with van der Waals surface area (Å²) in [5.41, 5.74) is 0.606. The van der Waals surface area contributed by atoms with E-state index in [1.807, 2.05) is 25.1 Å². The minimum atomic E-state index is -0.272. The topological polar surface area (TPSA) is 12.0 Å². The largest absolute Gasteiger partial charge is 0.305 e. The average Bonchev–Trinajstić information content (AvgIpc) is 2.34. The molecule has 0 aliphatic heterocycles. The first-order chi connectivity index (χ1) is 8.08. The fourth-order valence-corrected chi connectivity index (χ4v) is 2.81. The number of hydrogen-bond acceptors (Lipinski definition) is 1. The first-order valence-electron chi connectivity index (χ1n) is 5.38. The monoisotopic (exact) mass is 313 g/mol. The summed E-state index contributed by atoms with van der Waals surface area (Å²) in [5, 5.41) is 4.65. The molecule has 0 unspecified atom stereocenters. The van der Waals surface area contributed by atoms with Gasteiger partial charge in [-0.3, -0.25) is 0 Å². The lowest BCUT2D eigenvalue weighted by molar-refractivity contribution is 0.385. The third-order valence-electron chi connectivity index (χ3n) is 2.89. The number of hydrogen-bond donors (Lipinski definition) is 1. The SMILES string of the molecule is CCC(CCl)(CCl)NCc1c(Cl)cccc1Cl. The third-order valence-corrected chi connectivity index (χ3v) is 4.62. The van der Waals surface area contributed by atoms with E-state index in [1.165, 1.54) is 0 Å². The molecular weight excluding hydrogens is 300 g/mol. The van der Waals surface area contributed by atoms with Crippen molar-refractivity contribution in [3.05, 3.63) is 33.8 Å². The zero-order valence-electron chi connectivity index (χ0n) is 9.57. The minimum absolute atomic E-state index is 0.272. The molecule has 0 atom stereocenters. The molecule has 0 aliphatic rings. The highest BCUT2D eigenvalue weighted by molar-refractivity contribution is 6.36. The molecule has 0 bridgehead atoms. The minimum Gasteiger partial charge on any atom is -0.305 e. The van der Waals surface area contributed by atoms with Gasteiger partial charge in [0, 0.05) is 39.5 Å². The molecule has 0 heterocycles. The van der Waals surface area contributed by atoms with E-state index in [2.05, 4.69) is 5.32 Å². The summed E-state index contributed by atoms with van der Waals surface area (Å²) < 4.78 is 0. The highest BCUT2D eigenvalue weighted by Gasteiger charge is 2.25. The standard InChI is InChI=1S/C12H15Cl4N/c1-2-12(7-13,8-14)17-6-9-10(15)4-3-5-11(9)16/h3-5,17H,2,6-8H2,1H3. The van der Waals surface area contributed by atoms with Crippen LogP contribution in [0, 0.1) is 0 Å². The van der Waals surface area contributed by atoms with Crippen molar-refractivity contribution in [1.29, 1.82) is 0 Å². The summed E-state index contributed by atoms with van der Waals surface area (Å²) in [5.74, 6) is 0.907. The second kappa shape index (κ2) is 7.06. The maximum Gasteiger partial charge on any atom is 0.0465 e. The van der Waals surface area contributed by atoms with Crippen molar-refractivity contribution < 1.29 is 0 Å². The van der Waals surface area contributed by atoms with E-state index in [9.17, 15) is 0 Å². The van der Waals surface area contributed by atoms with Gasteiger partial charge in [-0.25, -0.2) is 0 Å². The van der Waals surface area contributed by atoms with Crippen LogP contribution in [0.25, 0.3) is 0 Å². The van der Waals surface area contributed by atoms with E-state index in [4.69, 9.17) is 46.4 Å². The molecule has 1 aromatic rings. The molecular formula is C12H15Cl4N. The van der Waals surface area contributed by atoms with Crippen molar-refractivity contribution in [3.63, 3.8) is 0 Å². The van der Waals surface area contributed by atoms with Crippen LogP contribution in [0.4, 0.5) is 0 Å². The van der Waals surface area contributed by atoms with Crippen LogP contribution in [-0.2, 0) is 6.54 Å². The molecule has 5 heteroatoms. The summed E-state index contributed by atoms with van der Waals surface area (Å²) in [7, 11) is 0. The Morgan fingerprint density at radius 2 is 1.65 bits per heavy atom. The first-order valence-corrected chi connectivity index (χ1v) is 7.21. The van der Waals surface area contributed by atoms with E-state index in [0.29, 0.717) is 28.4 Å². The van der Waals surface area contributed by atoms with Gasteiger partial charge in [-0.2, -0.15) is 0 Å². The van der Waals surface area contributed by atoms with E-state index >= 15 is 0 Å². The van der Waals surface area contributed by atoms with Crippen molar-refractivity contribution in [1.82, 2.24) is 5.32 Å².